The maximum absolute atomic E-state index is 8.40. The molecule has 1 aromatic rings. The van der Waals surface area contributed by atoms with Gasteiger partial charge in [-0.3, -0.25) is 0 Å². The Balaban J connectivity index is 2.28. The van der Waals surface area contributed by atoms with Crippen LogP contribution < -0.4 is 0 Å². The molecule has 14 heavy (non-hydrogen) atoms. The molecule has 2 heteroatoms. The molecule has 74 valence electrons. The summed E-state index contributed by atoms with van der Waals surface area (Å²) in [6.45, 7) is 1.95. The Bertz CT molecular complexity index is 287. The zero-order chi connectivity index (χ0) is 10.2. The first-order valence-electron chi connectivity index (χ1n) is 4.92. The molecule has 0 N–H and O–H groups in total. The number of hydrogen-bond donors (Lipinski definition) is 0. The van der Waals surface area contributed by atoms with Gasteiger partial charge in [-0.2, -0.15) is 5.26 Å². The minimum Gasteiger partial charge on any atom is -0.302 e. The van der Waals surface area contributed by atoms with Crippen LogP contribution >= 0.6 is 0 Å². The number of hydrogen-bond acceptors (Lipinski definition) is 2. The second-order valence-electron chi connectivity index (χ2n) is 3.49. The van der Waals surface area contributed by atoms with Gasteiger partial charge in [0.15, 0.2) is 0 Å². The van der Waals surface area contributed by atoms with Crippen molar-refractivity contribution in [3.63, 3.8) is 0 Å². The SMILES string of the molecule is CN(CCCC#N)Cc1ccccc1. The Morgan fingerprint density at radius 1 is 1.29 bits per heavy atom. The fourth-order valence-corrected chi connectivity index (χ4v) is 1.40. The average molecular weight is 188 g/mol. The summed E-state index contributed by atoms with van der Waals surface area (Å²) in [6, 6.07) is 12.5. The quantitative estimate of drug-likeness (QED) is 0.663. The van der Waals surface area contributed by atoms with E-state index in [1.54, 1.807) is 0 Å². The first-order valence-corrected chi connectivity index (χ1v) is 4.92. The zero-order valence-corrected chi connectivity index (χ0v) is 8.61. The van der Waals surface area contributed by atoms with Crippen molar-refractivity contribution in [3.05, 3.63) is 35.9 Å². The predicted molar refractivity (Wildman–Crippen MR) is 57.6 cm³/mol. The topological polar surface area (TPSA) is 27.0 Å². The van der Waals surface area contributed by atoms with Crippen LogP contribution in [-0.4, -0.2) is 18.5 Å². The van der Waals surface area contributed by atoms with Crippen LogP contribution in [0.15, 0.2) is 30.3 Å². The number of nitriles is 1. The van der Waals surface area contributed by atoms with E-state index in [0.717, 1.165) is 19.5 Å². The van der Waals surface area contributed by atoms with Crippen LogP contribution in [0.4, 0.5) is 0 Å². The normalized spacial score (nSPS) is 10.1. The van der Waals surface area contributed by atoms with Crippen molar-refractivity contribution in [1.29, 1.82) is 5.26 Å². The Morgan fingerprint density at radius 3 is 2.64 bits per heavy atom. The summed E-state index contributed by atoms with van der Waals surface area (Å²) >= 11 is 0. The molecule has 0 radical (unpaired) electrons. The molecule has 0 bridgehead atoms. The Hall–Kier alpha value is -1.33. The molecular weight excluding hydrogens is 172 g/mol. The minimum atomic E-state index is 0.652. The molecule has 0 heterocycles. The van der Waals surface area contributed by atoms with E-state index in [4.69, 9.17) is 5.26 Å². The van der Waals surface area contributed by atoms with Gasteiger partial charge in [0.05, 0.1) is 6.07 Å². The molecule has 0 spiro atoms. The summed E-state index contributed by atoms with van der Waals surface area (Å²) in [5.41, 5.74) is 1.33. The highest BCUT2D eigenvalue weighted by atomic mass is 15.1. The van der Waals surface area contributed by atoms with E-state index in [9.17, 15) is 0 Å². The van der Waals surface area contributed by atoms with Gasteiger partial charge in [0, 0.05) is 13.0 Å². The highest BCUT2D eigenvalue weighted by Gasteiger charge is 1.98. The molecule has 2 nitrogen and oxygen atoms in total. The lowest BCUT2D eigenvalue weighted by Gasteiger charge is -2.15. The minimum absolute atomic E-state index is 0.652. The van der Waals surface area contributed by atoms with E-state index in [1.165, 1.54) is 5.56 Å². The number of unbranched alkanes of at least 4 members (excludes halogenated alkanes) is 1. The van der Waals surface area contributed by atoms with E-state index < -0.39 is 0 Å². The second-order valence-corrected chi connectivity index (χ2v) is 3.49. The summed E-state index contributed by atoms with van der Waals surface area (Å²) < 4.78 is 0. The van der Waals surface area contributed by atoms with Gasteiger partial charge in [0.1, 0.15) is 0 Å². The molecule has 0 aliphatic heterocycles. The van der Waals surface area contributed by atoms with Crippen molar-refractivity contribution < 1.29 is 0 Å². The number of nitrogens with zero attached hydrogens (tertiary/aromatic N) is 2. The molecule has 0 aromatic heterocycles. The van der Waals surface area contributed by atoms with Gasteiger partial charge >= 0.3 is 0 Å². The van der Waals surface area contributed by atoms with Crippen molar-refractivity contribution >= 4 is 0 Å². The predicted octanol–water partition coefficient (Wildman–Crippen LogP) is 2.42. The van der Waals surface area contributed by atoms with Crippen LogP contribution in [-0.2, 0) is 6.54 Å². The third-order valence-electron chi connectivity index (χ3n) is 2.12. The van der Waals surface area contributed by atoms with E-state index in [2.05, 4.69) is 42.3 Å². The van der Waals surface area contributed by atoms with Crippen LogP contribution in [0.1, 0.15) is 18.4 Å². The van der Waals surface area contributed by atoms with Crippen molar-refractivity contribution in [1.82, 2.24) is 4.90 Å². The molecule has 0 atom stereocenters. The molecule has 0 amide bonds. The van der Waals surface area contributed by atoms with Crippen molar-refractivity contribution in [2.45, 2.75) is 19.4 Å². The molecule has 0 saturated heterocycles. The lowest BCUT2D eigenvalue weighted by atomic mass is 10.2. The largest absolute Gasteiger partial charge is 0.302 e. The highest BCUT2D eigenvalue weighted by Crippen LogP contribution is 2.03. The smallest absolute Gasteiger partial charge is 0.0622 e. The van der Waals surface area contributed by atoms with Gasteiger partial charge in [-0.25, -0.2) is 0 Å². The average Bonchev–Trinajstić information content (AvgIpc) is 2.20. The summed E-state index contributed by atoms with van der Waals surface area (Å²) in [5, 5.41) is 8.40. The Labute approximate surface area is 85.8 Å². The van der Waals surface area contributed by atoms with E-state index in [1.807, 2.05) is 6.07 Å². The van der Waals surface area contributed by atoms with Gasteiger partial charge in [-0.05, 0) is 25.6 Å². The van der Waals surface area contributed by atoms with Gasteiger partial charge in [0.2, 0.25) is 0 Å². The van der Waals surface area contributed by atoms with Crippen molar-refractivity contribution in [3.8, 4) is 6.07 Å². The van der Waals surface area contributed by atoms with Crippen LogP contribution in [0.25, 0.3) is 0 Å². The maximum Gasteiger partial charge on any atom is 0.0622 e. The Kier molecular flexibility index (Phi) is 4.74. The third-order valence-corrected chi connectivity index (χ3v) is 2.12. The van der Waals surface area contributed by atoms with Gasteiger partial charge in [-0.1, -0.05) is 30.3 Å². The van der Waals surface area contributed by atoms with E-state index in [-0.39, 0.29) is 0 Å². The number of benzene rings is 1. The van der Waals surface area contributed by atoms with Crippen molar-refractivity contribution in [2.24, 2.45) is 0 Å². The van der Waals surface area contributed by atoms with E-state index in [0.29, 0.717) is 6.42 Å². The summed E-state index contributed by atoms with van der Waals surface area (Å²) in [7, 11) is 2.09. The fourth-order valence-electron chi connectivity index (χ4n) is 1.40. The lowest BCUT2D eigenvalue weighted by molar-refractivity contribution is 0.323. The molecule has 0 fully saturated rings. The molecule has 0 aliphatic carbocycles. The second kappa shape index (κ2) is 6.17. The van der Waals surface area contributed by atoms with Gasteiger partial charge in [0.25, 0.3) is 0 Å². The van der Waals surface area contributed by atoms with Crippen LogP contribution in [0.2, 0.25) is 0 Å². The Morgan fingerprint density at radius 2 is 2.00 bits per heavy atom. The molecule has 1 rings (SSSR count). The molecule has 0 aliphatic rings. The van der Waals surface area contributed by atoms with Crippen LogP contribution in [0.3, 0.4) is 0 Å². The summed E-state index contributed by atoms with van der Waals surface area (Å²) in [5.74, 6) is 0. The monoisotopic (exact) mass is 188 g/mol. The highest BCUT2D eigenvalue weighted by molar-refractivity contribution is 5.14. The van der Waals surface area contributed by atoms with Crippen LogP contribution in [0.5, 0.6) is 0 Å². The fraction of sp³-hybridized carbons (Fsp3) is 0.417. The number of rotatable bonds is 5. The summed E-state index contributed by atoms with van der Waals surface area (Å²) in [4.78, 5) is 2.24. The van der Waals surface area contributed by atoms with Crippen molar-refractivity contribution in [2.75, 3.05) is 13.6 Å². The van der Waals surface area contributed by atoms with Gasteiger partial charge in [-0.15, -0.1) is 0 Å². The maximum atomic E-state index is 8.40. The molecule has 0 saturated carbocycles. The molecule has 1 aromatic carbocycles. The third kappa shape index (κ3) is 4.06. The summed E-state index contributed by atoms with van der Waals surface area (Å²) in [6.07, 6.45) is 1.61. The zero-order valence-electron chi connectivity index (χ0n) is 8.61. The molecular formula is C12H16N2. The first kappa shape index (κ1) is 10.7. The van der Waals surface area contributed by atoms with Crippen LogP contribution in [0, 0.1) is 11.3 Å². The molecule has 0 unspecified atom stereocenters. The lowest BCUT2D eigenvalue weighted by Crippen LogP contribution is -2.18. The van der Waals surface area contributed by atoms with Gasteiger partial charge < -0.3 is 4.90 Å². The first-order chi connectivity index (χ1) is 6.83. The van der Waals surface area contributed by atoms with E-state index >= 15 is 0 Å². The standard InChI is InChI=1S/C12H16N2/c1-14(10-6-5-9-13)11-12-7-3-2-4-8-12/h2-4,7-8H,5-6,10-11H2,1H3.